The number of hydrogen-bond acceptors (Lipinski definition) is 4. The molecule has 0 unspecified atom stereocenters. The van der Waals surface area contributed by atoms with E-state index < -0.39 is 10.0 Å². The Kier molecular flexibility index (Phi) is 4.97. The summed E-state index contributed by atoms with van der Waals surface area (Å²) in [7, 11) is -0.771. The average molecular weight is 386 g/mol. The van der Waals surface area contributed by atoms with Gasteiger partial charge in [-0.2, -0.15) is 0 Å². The van der Waals surface area contributed by atoms with Crippen LogP contribution in [0, 0.1) is 6.92 Å². The van der Waals surface area contributed by atoms with Crippen molar-refractivity contribution in [3.8, 4) is 11.5 Å². The molecule has 0 spiro atoms. The van der Waals surface area contributed by atoms with Gasteiger partial charge in [-0.1, -0.05) is 6.07 Å². The fourth-order valence-electron chi connectivity index (χ4n) is 1.89. The van der Waals surface area contributed by atoms with Crippen LogP contribution in [0.5, 0.6) is 11.5 Å². The van der Waals surface area contributed by atoms with Crippen molar-refractivity contribution in [3.05, 3.63) is 46.4 Å². The minimum Gasteiger partial charge on any atom is -0.493 e. The van der Waals surface area contributed by atoms with Crippen molar-refractivity contribution in [2.24, 2.45) is 0 Å². The highest BCUT2D eigenvalue weighted by Crippen LogP contribution is 2.31. The monoisotopic (exact) mass is 385 g/mol. The van der Waals surface area contributed by atoms with Gasteiger partial charge < -0.3 is 9.47 Å². The second-order valence-corrected chi connectivity index (χ2v) is 7.14. The van der Waals surface area contributed by atoms with E-state index in [0.29, 0.717) is 21.7 Å². The zero-order chi connectivity index (χ0) is 16.3. The van der Waals surface area contributed by atoms with Crippen LogP contribution in [0.1, 0.15) is 5.56 Å². The highest BCUT2D eigenvalue weighted by molar-refractivity contribution is 9.10. The largest absolute Gasteiger partial charge is 0.493 e. The van der Waals surface area contributed by atoms with Crippen molar-refractivity contribution in [1.29, 1.82) is 0 Å². The molecule has 5 nitrogen and oxygen atoms in total. The van der Waals surface area contributed by atoms with Crippen LogP contribution in [0.15, 0.2) is 45.8 Å². The van der Waals surface area contributed by atoms with Gasteiger partial charge in [0.15, 0.2) is 11.5 Å². The summed E-state index contributed by atoms with van der Waals surface area (Å²) in [6, 6.07) is 9.81. The number of halogens is 1. The molecule has 0 bridgehead atoms. The summed E-state index contributed by atoms with van der Waals surface area (Å²) in [6.07, 6.45) is 0. The lowest BCUT2D eigenvalue weighted by Crippen LogP contribution is -2.13. The van der Waals surface area contributed by atoms with Gasteiger partial charge in [-0.15, -0.1) is 0 Å². The lowest BCUT2D eigenvalue weighted by Gasteiger charge is -2.12. The molecule has 0 fully saturated rings. The number of ether oxygens (including phenoxy) is 2. The number of benzene rings is 2. The van der Waals surface area contributed by atoms with Gasteiger partial charge in [0.1, 0.15) is 0 Å². The van der Waals surface area contributed by atoms with Crippen molar-refractivity contribution >= 4 is 31.6 Å². The predicted octanol–water partition coefficient (Wildman–Crippen LogP) is 3.58. The van der Waals surface area contributed by atoms with Crippen LogP contribution in [-0.2, 0) is 10.0 Å². The molecule has 0 heterocycles. The molecule has 2 rings (SSSR count). The normalized spacial score (nSPS) is 11.1. The van der Waals surface area contributed by atoms with Crippen LogP contribution < -0.4 is 14.2 Å². The van der Waals surface area contributed by atoms with E-state index in [0.717, 1.165) is 5.56 Å². The highest BCUT2D eigenvalue weighted by Gasteiger charge is 2.18. The first-order valence-corrected chi connectivity index (χ1v) is 8.66. The maximum Gasteiger partial charge on any atom is 0.262 e. The van der Waals surface area contributed by atoms with E-state index in [9.17, 15) is 8.42 Å². The molecule has 0 aliphatic carbocycles. The van der Waals surface area contributed by atoms with E-state index in [4.69, 9.17) is 9.47 Å². The molecule has 0 aliphatic rings. The SMILES string of the molecule is COc1ccc(S(=O)(=O)Nc2ccc(C)cc2Br)cc1OC. The van der Waals surface area contributed by atoms with Crippen molar-refractivity contribution in [3.63, 3.8) is 0 Å². The maximum absolute atomic E-state index is 12.5. The molecule has 0 radical (unpaired) electrons. The number of anilines is 1. The quantitative estimate of drug-likeness (QED) is 0.853. The number of hydrogen-bond donors (Lipinski definition) is 1. The third kappa shape index (κ3) is 3.53. The van der Waals surface area contributed by atoms with Crippen molar-refractivity contribution < 1.29 is 17.9 Å². The Morgan fingerprint density at radius 1 is 1.00 bits per heavy atom. The zero-order valence-electron chi connectivity index (χ0n) is 12.4. The molecule has 118 valence electrons. The van der Waals surface area contributed by atoms with Crippen molar-refractivity contribution in [1.82, 2.24) is 0 Å². The minimum absolute atomic E-state index is 0.0950. The molecule has 7 heteroatoms. The minimum atomic E-state index is -3.72. The number of methoxy groups -OCH3 is 2. The Morgan fingerprint density at radius 3 is 2.27 bits per heavy atom. The summed E-state index contributed by atoms with van der Waals surface area (Å²) in [5.41, 5.74) is 1.50. The van der Waals surface area contributed by atoms with Gasteiger partial charge in [-0.05, 0) is 52.7 Å². The second kappa shape index (κ2) is 6.58. The number of sulfonamides is 1. The summed E-state index contributed by atoms with van der Waals surface area (Å²) in [4.78, 5) is 0.0950. The van der Waals surface area contributed by atoms with Gasteiger partial charge >= 0.3 is 0 Å². The smallest absolute Gasteiger partial charge is 0.262 e. The van der Waals surface area contributed by atoms with Gasteiger partial charge in [0, 0.05) is 10.5 Å². The molecular weight excluding hydrogens is 370 g/mol. The van der Waals surface area contributed by atoms with Crippen LogP contribution in [-0.4, -0.2) is 22.6 Å². The van der Waals surface area contributed by atoms with Gasteiger partial charge in [0.25, 0.3) is 10.0 Å². The third-order valence-corrected chi connectivity index (χ3v) is 5.05. The van der Waals surface area contributed by atoms with Crippen molar-refractivity contribution in [2.75, 3.05) is 18.9 Å². The fraction of sp³-hybridized carbons (Fsp3) is 0.200. The van der Waals surface area contributed by atoms with Gasteiger partial charge in [-0.25, -0.2) is 8.42 Å². The number of nitrogens with one attached hydrogen (secondary N) is 1. The molecule has 0 aromatic heterocycles. The summed E-state index contributed by atoms with van der Waals surface area (Å²) in [5.74, 6) is 0.825. The van der Waals surface area contributed by atoms with E-state index >= 15 is 0 Å². The lowest BCUT2D eigenvalue weighted by molar-refractivity contribution is 0.354. The van der Waals surface area contributed by atoms with Crippen molar-refractivity contribution in [2.45, 2.75) is 11.8 Å². The molecule has 0 aliphatic heterocycles. The van der Waals surface area contributed by atoms with E-state index in [1.54, 1.807) is 12.1 Å². The molecular formula is C15H16BrNO4S. The first-order valence-electron chi connectivity index (χ1n) is 6.38. The van der Waals surface area contributed by atoms with E-state index in [-0.39, 0.29) is 4.90 Å². The topological polar surface area (TPSA) is 64.6 Å². The predicted molar refractivity (Wildman–Crippen MR) is 89.2 cm³/mol. The van der Waals surface area contributed by atoms with Crippen LogP contribution in [0.3, 0.4) is 0 Å². The van der Waals surface area contributed by atoms with Crippen LogP contribution in [0.4, 0.5) is 5.69 Å². The third-order valence-electron chi connectivity index (χ3n) is 3.03. The molecule has 0 atom stereocenters. The maximum atomic E-state index is 12.5. The molecule has 0 saturated carbocycles. The van der Waals surface area contributed by atoms with E-state index in [1.165, 1.54) is 26.4 Å². The molecule has 2 aromatic rings. The van der Waals surface area contributed by atoms with E-state index in [1.807, 2.05) is 19.1 Å². The fourth-order valence-corrected chi connectivity index (χ4v) is 3.71. The standard InChI is InChI=1S/C15H16BrNO4S/c1-10-4-6-13(12(16)8-10)17-22(18,19)11-5-7-14(20-2)15(9-11)21-3/h4-9,17H,1-3H3. The Labute approximate surface area is 138 Å². The molecule has 22 heavy (non-hydrogen) atoms. The van der Waals surface area contributed by atoms with Crippen LogP contribution in [0.2, 0.25) is 0 Å². The van der Waals surface area contributed by atoms with Gasteiger partial charge in [-0.3, -0.25) is 4.72 Å². The first-order chi connectivity index (χ1) is 10.4. The lowest BCUT2D eigenvalue weighted by atomic mass is 10.2. The van der Waals surface area contributed by atoms with E-state index in [2.05, 4.69) is 20.7 Å². The van der Waals surface area contributed by atoms with Gasteiger partial charge in [0.05, 0.1) is 24.8 Å². The second-order valence-electron chi connectivity index (χ2n) is 4.61. The Morgan fingerprint density at radius 2 is 1.68 bits per heavy atom. The molecule has 1 N–H and O–H groups in total. The van der Waals surface area contributed by atoms with Crippen LogP contribution in [0.25, 0.3) is 0 Å². The highest BCUT2D eigenvalue weighted by atomic mass is 79.9. The summed E-state index contributed by atoms with van der Waals surface area (Å²) >= 11 is 3.35. The molecule has 0 amide bonds. The summed E-state index contributed by atoms with van der Waals surface area (Å²) in [6.45, 7) is 1.93. The molecule has 2 aromatic carbocycles. The Hall–Kier alpha value is -1.73. The first kappa shape index (κ1) is 16.6. The Bertz CT molecular complexity index is 790. The zero-order valence-corrected chi connectivity index (χ0v) is 14.8. The Balaban J connectivity index is 2.38. The average Bonchev–Trinajstić information content (AvgIpc) is 2.49. The van der Waals surface area contributed by atoms with Crippen LogP contribution >= 0.6 is 15.9 Å². The number of rotatable bonds is 5. The summed E-state index contributed by atoms with van der Waals surface area (Å²) in [5, 5.41) is 0. The summed E-state index contributed by atoms with van der Waals surface area (Å²) < 4.78 is 38.4. The number of aryl methyl sites for hydroxylation is 1. The van der Waals surface area contributed by atoms with Gasteiger partial charge in [0.2, 0.25) is 0 Å². The molecule has 0 saturated heterocycles.